The highest BCUT2D eigenvalue weighted by molar-refractivity contribution is 7.86. The first-order chi connectivity index (χ1) is 10.8. The molecule has 0 amide bonds. The molecule has 0 saturated carbocycles. The van der Waals surface area contributed by atoms with Crippen LogP contribution >= 0.6 is 0 Å². The molecule has 136 valence electrons. The Labute approximate surface area is 134 Å². The molecule has 1 rings (SSSR count). The second-order valence-corrected chi connectivity index (χ2v) is 7.22. The summed E-state index contributed by atoms with van der Waals surface area (Å²) in [5.41, 5.74) is -0.241. The van der Waals surface area contributed by atoms with Gasteiger partial charge in [0.2, 0.25) is 0 Å². The smallest absolute Gasteiger partial charge is 0.408 e. The summed E-state index contributed by atoms with van der Waals surface area (Å²) in [6.07, 6.45) is -4.46. The molecule has 0 aliphatic carbocycles. The standard InChI is InChI=1S/C10H11F3N2O7S2/c1-23(16,17)22-15-9(10(11,12)13)7-2-4-8(5-3-7)21-14-6-24(18,19)20/h2-5,14H,6H2,1H3,(H,18,19,20)/b15-9-. The maximum atomic E-state index is 12.9. The predicted molar refractivity (Wildman–Crippen MR) is 75.1 cm³/mol. The van der Waals surface area contributed by atoms with Gasteiger partial charge in [-0.3, -0.25) is 8.84 Å². The normalized spacial score (nSPS) is 13.6. The van der Waals surface area contributed by atoms with E-state index in [9.17, 15) is 30.0 Å². The Morgan fingerprint density at radius 1 is 1.21 bits per heavy atom. The maximum Gasteiger partial charge on any atom is 0.437 e. The molecule has 0 saturated heterocycles. The van der Waals surface area contributed by atoms with Gasteiger partial charge < -0.3 is 4.84 Å². The van der Waals surface area contributed by atoms with E-state index in [0.717, 1.165) is 24.3 Å². The molecule has 0 radical (unpaired) electrons. The third-order valence-corrected chi connectivity index (χ3v) is 2.92. The number of alkyl halides is 3. The zero-order valence-electron chi connectivity index (χ0n) is 11.8. The number of hydrogen-bond acceptors (Lipinski definition) is 8. The van der Waals surface area contributed by atoms with Gasteiger partial charge in [-0.05, 0) is 24.3 Å². The van der Waals surface area contributed by atoms with E-state index in [0.29, 0.717) is 6.26 Å². The number of hydroxylamine groups is 1. The highest BCUT2D eigenvalue weighted by Crippen LogP contribution is 2.24. The fourth-order valence-electron chi connectivity index (χ4n) is 1.24. The summed E-state index contributed by atoms with van der Waals surface area (Å²) >= 11 is 0. The van der Waals surface area contributed by atoms with E-state index in [2.05, 4.69) is 14.3 Å². The van der Waals surface area contributed by atoms with E-state index >= 15 is 0 Å². The minimum absolute atomic E-state index is 0.0760. The van der Waals surface area contributed by atoms with Crippen LogP contribution in [0, 0.1) is 0 Å². The molecule has 0 heterocycles. The van der Waals surface area contributed by atoms with E-state index in [-0.39, 0.29) is 5.75 Å². The van der Waals surface area contributed by atoms with Crippen molar-refractivity contribution in [2.24, 2.45) is 5.16 Å². The first-order valence-corrected chi connectivity index (χ1v) is 9.19. The van der Waals surface area contributed by atoms with Crippen molar-refractivity contribution in [1.29, 1.82) is 0 Å². The summed E-state index contributed by atoms with van der Waals surface area (Å²) in [6, 6.07) is 3.83. The zero-order chi connectivity index (χ0) is 18.6. The lowest BCUT2D eigenvalue weighted by Crippen LogP contribution is -2.26. The molecule has 0 aliphatic rings. The van der Waals surface area contributed by atoms with Gasteiger partial charge in [0.15, 0.2) is 11.6 Å². The van der Waals surface area contributed by atoms with E-state index in [1.54, 1.807) is 0 Å². The molecule has 0 bridgehead atoms. The summed E-state index contributed by atoms with van der Waals surface area (Å²) in [7, 11) is -8.56. The van der Waals surface area contributed by atoms with E-state index in [1.807, 2.05) is 5.48 Å². The lowest BCUT2D eigenvalue weighted by Gasteiger charge is -2.11. The van der Waals surface area contributed by atoms with Gasteiger partial charge in [0, 0.05) is 5.56 Å². The molecule has 0 unspecified atom stereocenters. The van der Waals surface area contributed by atoms with Crippen LogP contribution in [-0.2, 0) is 24.5 Å². The molecule has 24 heavy (non-hydrogen) atoms. The molecule has 14 heteroatoms. The van der Waals surface area contributed by atoms with Gasteiger partial charge in [0.05, 0.1) is 6.26 Å². The second-order valence-electron chi connectivity index (χ2n) is 4.21. The van der Waals surface area contributed by atoms with Crippen molar-refractivity contribution >= 4 is 25.9 Å². The highest BCUT2D eigenvalue weighted by atomic mass is 32.2. The van der Waals surface area contributed by atoms with Crippen LogP contribution < -0.4 is 10.3 Å². The quantitative estimate of drug-likeness (QED) is 0.393. The number of benzene rings is 1. The van der Waals surface area contributed by atoms with Gasteiger partial charge >= 0.3 is 16.3 Å². The molecule has 0 aliphatic heterocycles. The van der Waals surface area contributed by atoms with Crippen LogP contribution in [0.15, 0.2) is 29.4 Å². The summed E-state index contributed by atoms with van der Waals surface area (Å²) in [6.45, 7) is 0. The van der Waals surface area contributed by atoms with Crippen LogP contribution in [0.4, 0.5) is 13.2 Å². The van der Waals surface area contributed by atoms with E-state index < -0.39 is 43.6 Å². The molecule has 2 N–H and O–H groups in total. The zero-order valence-corrected chi connectivity index (χ0v) is 13.4. The van der Waals surface area contributed by atoms with Crippen LogP contribution in [0.5, 0.6) is 5.75 Å². The third kappa shape index (κ3) is 7.58. The van der Waals surface area contributed by atoms with Crippen LogP contribution in [0.2, 0.25) is 0 Å². The number of nitrogens with zero attached hydrogens (tertiary/aromatic N) is 1. The summed E-state index contributed by atoms with van der Waals surface area (Å²) in [5.74, 6) is -1.01. The van der Waals surface area contributed by atoms with E-state index in [1.165, 1.54) is 0 Å². The van der Waals surface area contributed by atoms with Crippen molar-refractivity contribution in [3.63, 3.8) is 0 Å². The van der Waals surface area contributed by atoms with Gasteiger partial charge in [-0.25, -0.2) is 0 Å². The van der Waals surface area contributed by atoms with Crippen molar-refractivity contribution in [1.82, 2.24) is 5.48 Å². The second kappa shape index (κ2) is 7.33. The Morgan fingerprint density at radius 3 is 2.17 bits per heavy atom. The SMILES string of the molecule is CS(=O)(=O)O/N=C(/c1ccc(ONCS(=O)(=O)O)cc1)C(F)(F)F. The third-order valence-electron chi connectivity index (χ3n) is 2.09. The lowest BCUT2D eigenvalue weighted by atomic mass is 10.1. The summed E-state index contributed by atoms with van der Waals surface area (Å²) in [5, 5.41) is 2.60. The van der Waals surface area contributed by atoms with Crippen LogP contribution in [-0.4, -0.2) is 45.4 Å². The fourth-order valence-corrected chi connectivity index (χ4v) is 1.66. The first kappa shape index (κ1) is 20.1. The summed E-state index contributed by atoms with van der Waals surface area (Å²) in [4.78, 5) is 4.68. The lowest BCUT2D eigenvalue weighted by molar-refractivity contribution is -0.0597. The fraction of sp³-hybridized carbons (Fsp3) is 0.300. The number of nitrogens with one attached hydrogen (secondary N) is 1. The van der Waals surface area contributed by atoms with E-state index in [4.69, 9.17) is 4.55 Å². The predicted octanol–water partition coefficient (Wildman–Crippen LogP) is 0.658. The monoisotopic (exact) mass is 392 g/mol. The van der Waals surface area contributed by atoms with Crippen molar-refractivity contribution in [2.75, 3.05) is 12.1 Å². The Balaban J connectivity index is 2.94. The molecular formula is C10H11F3N2O7S2. The Bertz CT molecular complexity index is 802. The first-order valence-electron chi connectivity index (χ1n) is 5.77. The van der Waals surface area contributed by atoms with Gasteiger partial charge in [-0.2, -0.15) is 30.0 Å². The van der Waals surface area contributed by atoms with Crippen molar-refractivity contribution in [2.45, 2.75) is 6.18 Å². The average molecular weight is 392 g/mol. The van der Waals surface area contributed by atoms with Crippen LogP contribution in [0.25, 0.3) is 0 Å². The number of oxime groups is 1. The highest BCUT2D eigenvalue weighted by Gasteiger charge is 2.38. The molecule has 0 fully saturated rings. The molecule has 9 nitrogen and oxygen atoms in total. The average Bonchev–Trinajstić information content (AvgIpc) is 2.36. The topological polar surface area (TPSA) is 131 Å². The van der Waals surface area contributed by atoms with Gasteiger partial charge in [0.1, 0.15) is 5.75 Å². The van der Waals surface area contributed by atoms with Gasteiger partial charge in [0.25, 0.3) is 10.1 Å². The van der Waals surface area contributed by atoms with Crippen molar-refractivity contribution in [3.05, 3.63) is 29.8 Å². The molecule has 0 aromatic heterocycles. The Hall–Kier alpha value is -1.90. The van der Waals surface area contributed by atoms with Gasteiger partial charge in [-0.15, -0.1) is 5.48 Å². The minimum Gasteiger partial charge on any atom is -0.408 e. The minimum atomic E-state index is -4.99. The summed E-state index contributed by atoms with van der Waals surface area (Å²) < 4.78 is 93.3. The number of rotatable bonds is 7. The Morgan fingerprint density at radius 2 is 1.75 bits per heavy atom. The van der Waals surface area contributed by atoms with Crippen LogP contribution in [0.3, 0.4) is 0 Å². The van der Waals surface area contributed by atoms with Gasteiger partial charge in [-0.1, -0.05) is 5.16 Å². The number of halogens is 3. The van der Waals surface area contributed by atoms with Crippen molar-refractivity contribution < 1.29 is 43.7 Å². The molecular weight excluding hydrogens is 381 g/mol. The maximum absolute atomic E-state index is 12.9. The molecule has 0 spiro atoms. The molecule has 1 aromatic rings. The van der Waals surface area contributed by atoms with Crippen LogP contribution in [0.1, 0.15) is 5.56 Å². The largest absolute Gasteiger partial charge is 0.437 e. The number of hydrogen-bond donors (Lipinski definition) is 2. The molecule has 0 atom stereocenters. The van der Waals surface area contributed by atoms with Crippen molar-refractivity contribution in [3.8, 4) is 5.75 Å². The Kier molecular flexibility index (Phi) is 6.15. The molecule has 1 aromatic carbocycles.